The number of amides is 2. The third-order valence-corrected chi connectivity index (χ3v) is 8.51. The molecule has 1 N–H and O–H groups in total. The fraction of sp³-hybridized carbons (Fsp3) is 0.286. The van der Waals surface area contributed by atoms with Crippen LogP contribution < -0.4 is 9.62 Å². The van der Waals surface area contributed by atoms with Gasteiger partial charge in [-0.15, -0.1) is 0 Å². The third kappa shape index (κ3) is 7.07. The van der Waals surface area contributed by atoms with E-state index in [2.05, 4.69) is 5.32 Å². The van der Waals surface area contributed by atoms with Crippen molar-refractivity contribution in [3.8, 4) is 0 Å². The molecule has 202 valence electrons. The number of hydrogen-bond donors (Lipinski definition) is 1. The molecule has 0 saturated heterocycles. The molecule has 3 rings (SSSR count). The second-order valence-corrected chi connectivity index (χ2v) is 11.9. The summed E-state index contributed by atoms with van der Waals surface area (Å²) in [6.45, 7) is 6.50. The van der Waals surface area contributed by atoms with Crippen LogP contribution >= 0.6 is 23.2 Å². The molecule has 0 aliphatic carbocycles. The number of rotatable bonds is 10. The number of hydrogen-bond acceptors (Lipinski definition) is 4. The molecular weight excluding hydrogens is 545 g/mol. The van der Waals surface area contributed by atoms with Crippen LogP contribution in [0.25, 0.3) is 0 Å². The number of benzene rings is 3. The summed E-state index contributed by atoms with van der Waals surface area (Å²) in [5.41, 5.74) is 1.62. The summed E-state index contributed by atoms with van der Waals surface area (Å²) in [4.78, 5) is 28.2. The number of nitrogens with zero attached hydrogens (tertiary/aromatic N) is 2. The van der Waals surface area contributed by atoms with Crippen molar-refractivity contribution in [2.45, 2.75) is 51.2 Å². The average Bonchev–Trinajstić information content (AvgIpc) is 2.88. The smallest absolute Gasteiger partial charge is 0.264 e. The molecule has 3 aromatic carbocycles. The van der Waals surface area contributed by atoms with Crippen molar-refractivity contribution < 1.29 is 18.0 Å². The molecule has 3 aromatic rings. The van der Waals surface area contributed by atoms with Gasteiger partial charge in [-0.1, -0.05) is 65.7 Å². The van der Waals surface area contributed by atoms with Crippen LogP contribution in [0.1, 0.15) is 31.9 Å². The lowest BCUT2D eigenvalue weighted by molar-refractivity contribution is -0.139. The Labute approximate surface area is 234 Å². The van der Waals surface area contributed by atoms with Crippen LogP contribution in [-0.4, -0.2) is 43.8 Å². The molecule has 0 fully saturated rings. The van der Waals surface area contributed by atoms with E-state index in [1.165, 1.54) is 23.1 Å². The minimum Gasteiger partial charge on any atom is -0.352 e. The standard InChI is InChI=1S/C28H31Cl2N3O4S/c1-19(2)31-28(35)21(4)32(17-22-10-8-9-13-25(22)29)27(34)18-33(23-15-14-20(3)26(30)16-23)38(36,37)24-11-6-5-7-12-24/h5-16,19,21H,17-18H2,1-4H3,(H,31,35)/t21-/m0/s1. The number of carbonyl (C=O) groups excluding carboxylic acids is 2. The van der Waals surface area contributed by atoms with E-state index in [1.807, 2.05) is 13.8 Å². The van der Waals surface area contributed by atoms with Gasteiger partial charge in [-0.2, -0.15) is 0 Å². The molecule has 0 saturated carbocycles. The van der Waals surface area contributed by atoms with E-state index in [1.54, 1.807) is 68.4 Å². The van der Waals surface area contributed by atoms with Gasteiger partial charge in [0.1, 0.15) is 12.6 Å². The van der Waals surface area contributed by atoms with Gasteiger partial charge >= 0.3 is 0 Å². The number of halogens is 2. The minimum atomic E-state index is -4.16. The number of sulfonamides is 1. The maximum absolute atomic E-state index is 13.9. The molecule has 2 amide bonds. The van der Waals surface area contributed by atoms with Gasteiger partial charge in [0.25, 0.3) is 10.0 Å². The summed E-state index contributed by atoms with van der Waals surface area (Å²) >= 11 is 12.7. The first-order valence-corrected chi connectivity index (χ1v) is 14.3. The van der Waals surface area contributed by atoms with Crippen molar-refractivity contribution in [3.05, 3.63) is 94.0 Å². The van der Waals surface area contributed by atoms with E-state index in [-0.39, 0.29) is 29.1 Å². The highest BCUT2D eigenvalue weighted by atomic mass is 35.5. The number of anilines is 1. The highest BCUT2D eigenvalue weighted by Gasteiger charge is 2.33. The Morgan fingerprint density at radius 3 is 2.13 bits per heavy atom. The average molecular weight is 577 g/mol. The third-order valence-electron chi connectivity index (χ3n) is 5.95. The van der Waals surface area contributed by atoms with Crippen molar-refractivity contribution in [3.63, 3.8) is 0 Å². The second-order valence-electron chi connectivity index (χ2n) is 9.21. The largest absolute Gasteiger partial charge is 0.352 e. The van der Waals surface area contributed by atoms with E-state index in [4.69, 9.17) is 23.2 Å². The summed E-state index contributed by atoms with van der Waals surface area (Å²) in [7, 11) is -4.16. The van der Waals surface area contributed by atoms with Crippen LogP contribution in [0.5, 0.6) is 0 Å². The summed E-state index contributed by atoms with van der Waals surface area (Å²) in [6.07, 6.45) is 0. The molecule has 0 spiro atoms. The Bertz CT molecular complexity index is 1400. The van der Waals surface area contributed by atoms with Crippen LogP contribution in [0.3, 0.4) is 0 Å². The topological polar surface area (TPSA) is 86.8 Å². The minimum absolute atomic E-state index is 0.0130. The van der Waals surface area contributed by atoms with Crippen LogP contribution in [0.2, 0.25) is 10.0 Å². The zero-order valence-electron chi connectivity index (χ0n) is 21.7. The maximum atomic E-state index is 13.9. The molecule has 10 heteroatoms. The van der Waals surface area contributed by atoms with Crippen LogP contribution in [0.4, 0.5) is 5.69 Å². The molecule has 0 aromatic heterocycles. The van der Waals surface area contributed by atoms with Gasteiger partial charge in [-0.3, -0.25) is 13.9 Å². The van der Waals surface area contributed by atoms with E-state index < -0.39 is 28.5 Å². The summed E-state index contributed by atoms with van der Waals surface area (Å²) in [5.74, 6) is -0.941. The fourth-order valence-electron chi connectivity index (χ4n) is 3.78. The molecular formula is C28H31Cl2N3O4S. The molecule has 0 bridgehead atoms. The van der Waals surface area contributed by atoms with Crippen molar-refractivity contribution in [1.29, 1.82) is 0 Å². The number of carbonyl (C=O) groups is 2. The Morgan fingerprint density at radius 1 is 0.895 bits per heavy atom. The Balaban J connectivity index is 2.06. The van der Waals surface area contributed by atoms with Gasteiger partial charge in [0.15, 0.2) is 0 Å². The zero-order chi connectivity index (χ0) is 28.0. The van der Waals surface area contributed by atoms with E-state index in [0.717, 1.165) is 9.87 Å². The second kappa shape index (κ2) is 12.7. The number of aryl methyl sites for hydroxylation is 1. The highest BCUT2D eigenvalue weighted by Crippen LogP contribution is 2.29. The lowest BCUT2D eigenvalue weighted by Gasteiger charge is -2.32. The van der Waals surface area contributed by atoms with E-state index in [0.29, 0.717) is 15.6 Å². The van der Waals surface area contributed by atoms with Gasteiger partial charge in [-0.05, 0) is 69.2 Å². The molecule has 0 unspecified atom stereocenters. The first-order valence-electron chi connectivity index (χ1n) is 12.1. The van der Waals surface area contributed by atoms with Crippen LogP contribution in [0, 0.1) is 6.92 Å². The van der Waals surface area contributed by atoms with Gasteiger partial charge in [0, 0.05) is 22.6 Å². The van der Waals surface area contributed by atoms with Crippen molar-refractivity contribution in [1.82, 2.24) is 10.2 Å². The molecule has 7 nitrogen and oxygen atoms in total. The Morgan fingerprint density at radius 2 is 1.53 bits per heavy atom. The normalized spacial score (nSPS) is 12.2. The Hall–Kier alpha value is -3.07. The fourth-order valence-corrected chi connectivity index (χ4v) is 5.58. The molecule has 38 heavy (non-hydrogen) atoms. The highest BCUT2D eigenvalue weighted by molar-refractivity contribution is 7.92. The van der Waals surface area contributed by atoms with Gasteiger partial charge in [-0.25, -0.2) is 8.42 Å². The predicted molar refractivity (Wildman–Crippen MR) is 152 cm³/mol. The zero-order valence-corrected chi connectivity index (χ0v) is 24.0. The maximum Gasteiger partial charge on any atom is 0.264 e. The molecule has 0 radical (unpaired) electrons. The lowest BCUT2D eigenvalue weighted by atomic mass is 10.1. The van der Waals surface area contributed by atoms with Gasteiger partial charge in [0.05, 0.1) is 10.6 Å². The van der Waals surface area contributed by atoms with Crippen molar-refractivity contribution >= 4 is 50.7 Å². The first kappa shape index (κ1) is 29.5. The molecule has 1 atom stereocenters. The van der Waals surface area contributed by atoms with Crippen LogP contribution in [0.15, 0.2) is 77.7 Å². The van der Waals surface area contributed by atoms with Crippen molar-refractivity contribution in [2.24, 2.45) is 0 Å². The molecule has 0 heterocycles. The van der Waals surface area contributed by atoms with Gasteiger partial charge in [0.2, 0.25) is 11.8 Å². The van der Waals surface area contributed by atoms with E-state index in [9.17, 15) is 18.0 Å². The van der Waals surface area contributed by atoms with Gasteiger partial charge < -0.3 is 10.2 Å². The molecule has 0 aliphatic heterocycles. The van der Waals surface area contributed by atoms with Crippen LogP contribution in [-0.2, 0) is 26.2 Å². The van der Waals surface area contributed by atoms with E-state index >= 15 is 0 Å². The predicted octanol–water partition coefficient (Wildman–Crippen LogP) is 5.44. The lowest BCUT2D eigenvalue weighted by Crippen LogP contribution is -2.52. The summed E-state index contributed by atoms with van der Waals surface area (Å²) < 4.78 is 28.5. The quantitative estimate of drug-likeness (QED) is 0.348. The monoisotopic (exact) mass is 575 g/mol. The summed E-state index contributed by atoms with van der Waals surface area (Å²) in [6, 6.07) is 18.6. The first-order chi connectivity index (χ1) is 17.9. The number of nitrogens with one attached hydrogen (secondary N) is 1. The SMILES string of the molecule is Cc1ccc(N(CC(=O)N(Cc2ccccc2Cl)[C@@H](C)C(=O)NC(C)C)S(=O)(=O)c2ccccc2)cc1Cl. The van der Waals surface area contributed by atoms with Crippen molar-refractivity contribution in [2.75, 3.05) is 10.8 Å². The summed E-state index contributed by atoms with van der Waals surface area (Å²) in [5, 5.41) is 3.61. The molecule has 0 aliphatic rings. The Kier molecular flexibility index (Phi) is 9.82.